The highest BCUT2D eigenvalue weighted by Crippen LogP contribution is 2.46. The maximum absolute atomic E-state index is 12.6. The van der Waals surface area contributed by atoms with Crippen LogP contribution in [0.4, 0.5) is 11.6 Å². The van der Waals surface area contributed by atoms with Crippen molar-refractivity contribution in [3.63, 3.8) is 0 Å². The first kappa shape index (κ1) is 21.0. The SMILES string of the molecule is CC(=O)c1c(C2C[C@@H]3C[C@H](C2)N3C(=O)CO)nc2c(-c3ccc(NC4CC4)nc3)cnn2c1N. The van der Waals surface area contributed by atoms with Gasteiger partial charge < -0.3 is 21.1 Å². The number of nitrogen functional groups attached to an aromatic ring is 1. The number of aromatic nitrogens is 4. The molecule has 1 unspecified atom stereocenters. The molecule has 176 valence electrons. The number of fused-ring (bicyclic) bond motifs is 3. The Kier molecular flexibility index (Phi) is 4.80. The number of hydrogen-bond acceptors (Lipinski definition) is 8. The lowest BCUT2D eigenvalue weighted by atomic mass is 9.71. The van der Waals surface area contributed by atoms with Crippen LogP contribution >= 0.6 is 0 Å². The summed E-state index contributed by atoms with van der Waals surface area (Å²) in [6.45, 7) is 1.02. The van der Waals surface area contributed by atoms with Crippen molar-refractivity contribution >= 4 is 29.0 Å². The molecule has 2 saturated heterocycles. The Balaban J connectivity index is 1.38. The van der Waals surface area contributed by atoms with Crippen molar-refractivity contribution in [3.05, 3.63) is 35.8 Å². The van der Waals surface area contributed by atoms with E-state index in [0.29, 0.717) is 35.8 Å². The zero-order valence-corrected chi connectivity index (χ0v) is 18.9. The Bertz CT molecular complexity index is 1290. The summed E-state index contributed by atoms with van der Waals surface area (Å²) in [7, 11) is 0. The molecular weight excluding hydrogens is 434 g/mol. The third-order valence-corrected chi connectivity index (χ3v) is 7.32. The minimum absolute atomic E-state index is 0.00341. The number of aliphatic hydroxyl groups is 1. The van der Waals surface area contributed by atoms with Crippen molar-refractivity contribution in [1.82, 2.24) is 24.5 Å². The number of amides is 1. The topological polar surface area (TPSA) is 139 Å². The van der Waals surface area contributed by atoms with E-state index in [0.717, 1.165) is 23.4 Å². The summed E-state index contributed by atoms with van der Waals surface area (Å²) in [5.74, 6) is 0.737. The zero-order valence-electron chi connectivity index (χ0n) is 18.9. The number of piperidine rings is 1. The van der Waals surface area contributed by atoms with Crippen LogP contribution in [-0.4, -0.2) is 66.0 Å². The van der Waals surface area contributed by atoms with Crippen molar-refractivity contribution in [2.75, 3.05) is 17.7 Å². The summed E-state index contributed by atoms with van der Waals surface area (Å²) in [5, 5.41) is 17.1. The first-order valence-electron chi connectivity index (χ1n) is 11.8. The van der Waals surface area contributed by atoms with Crippen LogP contribution in [0, 0.1) is 0 Å². The quantitative estimate of drug-likeness (QED) is 0.474. The molecule has 3 aromatic heterocycles. The van der Waals surface area contributed by atoms with Crippen molar-refractivity contribution in [3.8, 4) is 11.1 Å². The Hall–Kier alpha value is -3.53. The average Bonchev–Trinajstić information content (AvgIpc) is 3.54. The molecule has 4 aliphatic rings. The number of pyridine rings is 1. The maximum Gasteiger partial charge on any atom is 0.248 e. The molecular formula is C24H27N7O3. The minimum Gasteiger partial charge on any atom is -0.387 e. The van der Waals surface area contributed by atoms with Crippen LogP contribution in [0.2, 0.25) is 0 Å². The van der Waals surface area contributed by atoms with Gasteiger partial charge >= 0.3 is 0 Å². The van der Waals surface area contributed by atoms with E-state index in [-0.39, 0.29) is 35.5 Å². The number of Topliss-reactive ketones (excluding diaryl/α,β-unsaturated/α-hetero) is 1. The van der Waals surface area contributed by atoms with Gasteiger partial charge in [0.05, 0.1) is 17.5 Å². The number of nitrogens with zero attached hydrogens (tertiary/aromatic N) is 5. The smallest absolute Gasteiger partial charge is 0.248 e. The first-order valence-corrected chi connectivity index (χ1v) is 11.8. The summed E-state index contributed by atoms with van der Waals surface area (Å²) in [5.41, 5.74) is 9.79. The van der Waals surface area contributed by atoms with Crippen LogP contribution in [-0.2, 0) is 4.79 Å². The van der Waals surface area contributed by atoms with E-state index in [2.05, 4.69) is 15.4 Å². The third kappa shape index (κ3) is 3.32. The highest BCUT2D eigenvalue weighted by Gasteiger charge is 2.48. The molecule has 34 heavy (non-hydrogen) atoms. The number of ketones is 1. The molecule has 2 aliphatic heterocycles. The predicted molar refractivity (Wildman–Crippen MR) is 125 cm³/mol. The summed E-state index contributed by atoms with van der Waals surface area (Å²) in [6.07, 6.45) is 8.16. The number of anilines is 2. The van der Waals surface area contributed by atoms with Gasteiger partial charge in [-0.3, -0.25) is 9.59 Å². The highest BCUT2D eigenvalue weighted by molar-refractivity contribution is 6.00. The van der Waals surface area contributed by atoms with Crippen molar-refractivity contribution in [1.29, 1.82) is 0 Å². The molecule has 0 spiro atoms. The van der Waals surface area contributed by atoms with Gasteiger partial charge in [-0.2, -0.15) is 9.61 Å². The van der Waals surface area contributed by atoms with E-state index >= 15 is 0 Å². The lowest BCUT2D eigenvalue weighted by Gasteiger charge is -2.55. The predicted octanol–water partition coefficient (Wildman–Crippen LogP) is 1.99. The molecule has 2 aliphatic carbocycles. The molecule has 2 bridgehead atoms. The maximum atomic E-state index is 12.6. The van der Waals surface area contributed by atoms with Crippen LogP contribution in [0.1, 0.15) is 61.0 Å². The van der Waals surface area contributed by atoms with Gasteiger partial charge in [-0.05, 0) is 51.2 Å². The fourth-order valence-corrected chi connectivity index (χ4v) is 5.55. The van der Waals surface area contributed by atoms with E-state index < -0.39 is 6.61 Å². The Morgan fingerprint density at radius 3 is 2.56 bits per heavy atom. The fraction of sp³-hybridized carbons (Fsp3) is 0.458. The van der Waals surface area contributed by atoms with Gasteiger partial charge in [-0.1, -0.05) is 0 Å². The van der Waals surface area contributed by atoms with Crippen molar-refractivity contribution in [2.45, 2.75) is 63.1 Å². The lowest BCUT2D eigenvalue weighted by Crippen LogP contribution is -2.63. The highest BCUT2D eigenvalue weighted by atomic mass is 16.3. The lowest BCUT2D eigenvalue weighted by molar-refractivity contribution is -0.153. The van der Waals surface area contributed by atoms with Gasteiger partial charge in [0.2, 0.25) is 5.91 Å². The second-order valence-electron chi connectivity index (χ2n) is 9.63. The normalized spacial score (nSPS) is 23.6. The Morgan fingerprint density at radius 2 is 1.94 bits per heavy atom. The van der Waals surface area contributed by atoms with Gasteiger partial charge in [0, 0.05) is 41.4 Å². The van der Waals surface area contributed by atoms with Gasteiger partial charge in [0.1, 0.15) is 18.2 Å². The van der Waals surface area contributed by atoms with E-state index in [1.54, 1.807) is 17.3 Å². The standard InChI is InChI=1S/C24H27N7O3/c1-12(33)21-22(14-6-16-8-17(7-14)30(16)20(34)11-32)29-24-18(10-27-31(24)23(21)25)13-2-5-19(26-9-13)28-15-3-4-15/h2,5,9-10,14-17,32H,3-4,6-8,11,25H2,1H3,(H,26,28)/t14?,16-,17+. The van der Waals surface area contributed by atoms with Gasteiger partial charge in [0.15, 0.2) is 11.4 Å². The van der Waals surface area contributed by atoms with Crippen LogP contribution in [0.5, 0.6) is 0 Å². The number of carbonyl (C=O) groups is 2. The zero-order chi connectivity index (χ0) is 23.6. The third-order valence-electron chi connectivity index (χ3n) is 7.32. The number of nitrogens with two attached hydrogens (primary N) is 1. The first-order chi connectivity index (χ1) is 16.4. The number of rotatable bonds is 6. The number of nitrogens with one attached hydrogen (secondary N) is 1. The number of carbonyl (C=O) groups excluding carboxylic acids is 2. The Morgan fingerprint density at radius 1 is 1.18 bits per heavy atom. The second kappa shape index (κ2) is 7.76. The van der Waals surface area contributed by atoms with Gasteiger partial charge in [-0.15, -0.1) is 0 Å². The summed E-state index contributed by atoms with van der Waals surface area (Å²) in [4.78, 5) is 35.9. The van der Waals surface area contributed by atoms with E-state index in [9.17, 15) is 14.7 Å². The number of aliphatic hydroxyl groups excluding tert-OH is 1. The Labute approximate surface area is 196 Å². The second-order valence-corrected chi connectivity index (χ2v) is 9.63. The summed E-state index contributed by atoms with van der Waals surface area (Å²) >= 11 is 0. The monoisotopic (exact) mass is 461 g/mol. The van der Waals surface area contributed by atoms with Crippen molar-refractivity contribution in [2.24, 2.45) is 0 Å². The molecule has 5 heterocycles. The fourth-order valence-electron chi connectivity index (χ4n) is 5.55. The van der Waals surface area contributed by atoms with Crippen LogP contribution in [0.15, 0.2) is 24.5 Å². The van der Waals surface area contributed by atoms with Crippen LogP contribution in [0.25, 0.3) is 16.8 Å². The molecule has 10 nitrogen and oxygen atoms in total. The van der Waals surface area contributed by atoms with Crippen LogP contribution in [0.3, 0.4) is 0 Å². The minimum atomic E-state index is -0.476. The molecule has 4 N–H and O–H groups in total. The van der Waals surface area contributed by atoms with E-state index in [4.69, 9.17) is 10.7 Å². The van der Waals surface area contributed by atoms with Crippen molar-refractivity contribution < 1.29 is 14.7 Å². The molecule has 2 saturated carbocycles. The molecule has 0 radical (unpaired) electrons. The molecule has 3 aromatic rings. The largest absolute Gasteiger partial charge is 0.387 e. The summed E-state index contributed by atoms with van der Waals surface area (Å²) < 4.78 is 1.52. The molecule has 7 rings (SSSR count). The molecule has 3 atom stereocenters. The summed E-state index contributed by atoms with van der Waals surface area (Å²) in [6, 6.07) is 4.58. The molecule has 0 aromatic carbocycles. The van der Waals surface area contributed by atoms with E-state index in [1.807, 2.05) is 12.1 Å². The van der Waals surface area contributed by atoms with Crippen LogP contribution < -0.4 is 11.1 Å². The molecule has 1 amide bonds. The number of hydrogen-bond donors (Lipinski definition) is 3. The molecule has 4 fully saturated rings. The van der Waals surface area contributed by atoms with E-state index in [1.165, 1.54) is 24.3 Å². The average molecular weight is 462 g/mol. The van der Waals surface area contributed by atoms with Gasteiger partial charge in [0.25, 0.3) is 0 Å². The molecule has 10 heteroatoms. The van der Waals surface area contributed by atoms with Gasteiger partial charge in [-0.25, -0.2) is 9.97 Å².